The van der Waals surface area contributed by atoms with Gasteiger partial charge in [-0.05, 0) is 48.0 Å². The summed E-state index contributed by atoms with van der Waals surface area (Å²) in [6.07, 6.45) is 1.47. The second-order valence-electron chi connectivity index (χ2n) is 7.24. The van der Waals surface area contributed by atoms with Crippen LogP contribution in [0.5, 0.6) is 5.75 Å². The highest BCUT2D eigenvalue weighted by Crippen LogP contribution is 2.44. The molecule has 6 nitrogen and oxygen atoms in total. The lowest BCUT2D eigenvalue weighted by Crippen LogP contribution is -2.39. The van der Waals surface area contributed by atoms with E-state index in [1.807, 2.05) is 6.07 Å². The number of amides is 1. The molecule has 1 aliphatic heterocycles. The summed E-state index contributed by atoms with van der Waals surface area (Å²) in [6.45, 7) is 3.68. The monoisotopic (exact) mass is 480 g/mol. The van der Waals surface area contributed by atoms with Crippen LogP contribution in [-0.4, -0.2) is 28.0 Å². The van der Waals surface area contributed by atoms with E-state index in [9.17, 15) is 13.2 Å². The van der Waals surface area contributed by atoms with Gasteiger partial charge in [-0.15, -0.1) is 6.58 Å². The van der Waals surface area contributed by atoms with Crippen molar-refractivity contribution >= 4 is 44.5 Å². The number of hydrogen-bond donors (Lipinski definition) is 1. The number of hydrogen-bond acceptors (Lipinski definition) is 4. The summed E-state index contributed by atoms with van der Waals surface area (Å²) in [5, 5.41) is 3.14. The third-order valence-electron chi connectivity index (χ3n) is 5.18. The molecule has 168 valence electrons. The maximum absolute atomic E-state index is 13.8. The Morgan fingerprint density at radius 3 is 2.42 bits per heavy atom. The van der Waals surface area contributed by atoms with Crippen LogP contribution in [0.25, 0.3) is 5.57 Å². The summed E-state index contributed by atoms with van der Waals surface area (Å²) in [5.41, 5.74) is 2.29. The van der Waals surface area contributed by atoms with Gasteiger partial charge in [0.05, 0.1) is 19.3 Å². The van der Waals surface area contributed by atoms with Crippen LogP contribution in [0.15, 0.2) is 90.4 Å². The van der Waals surface area contributed by atoms with Crippen LogP contribution in [0.4, 0.5) is 11.4 Å². The number of rotatable bonds is 6. The molecule has 0 aliphatic carbocycles. The number of nitrogens with one attached hydrogen (secondary N) is 1. The van der Waals surface area contributed by atoms with Crippen LogP contribution in [0, 0.1) is 0 Å². The van der Waals surface area contributed by atoms with Gasteiger partial charge in [-0.1, -0.05) is 48.0 Å². The van der Waals surface area contributed by atoms with Gasteiger partial charge in [0, 0.05) is 21.8 Å². The standard InChI is InChI=1S/C25H21ClN2O4S/c1-3-15-28-22-14-9-18(26)16-21(22)23(17-7-5-4-6-8-17)24(33(28,30)31)25(29)27-19-10-12-20(32-2)13-11-19/h3-14,16H,1,15H2,2H3,(H,27,29). The molecule has 0 bridgehead atoms. The maximum Gasteiger partial charge on any atom is 0.270 e. The highest BCUT2D eigenvalue weighted by Gasteiger charge is 2.41. The quantitative estimate of drug-likeness (QED) is 0.499. The van der Waals surface area contributed by atoms with E-state index in [4.69, 9.17) is 16.3 Å². The maximum atomic E-state index is 13.8. The molecule has 1 N–H and O–H groups in total. The molecule has 3 aromatic carbocycles. The predicted molar refractivity (Wildman–Crippen MR) is 132 cm³/mol. The molecule has 0 saturated heterocycles. The molecule has 0 spiro atoms. The van der Waals surface area contributed by atoms with Crippen LogP contribution < -0.4 is 14.4 Å². The lowest BCUT2D eigenvalue weighted by Gasteiger charge is -2.33. The minimum atomic E-state index is -4.22. The number of anilines is 2. The van der Waals surface area contributed by atoms with E-state index in [1.165, 1.54) is 17.5 Å². The van der Waals surface area contributed by atoms with Crippen LogP contribution >= 0.6 is 11.6 Å². The number of methoxy groups -OCH3 is 1. The topological polar surface area (TPSA) is 75.7 Å². The van der Waals surface area contributed by atoms with Gasteiger partial charge in [-0.2, -0.15) is 0 Å². The zero-order valence-electron chi connectivity index (χ0n) is 17.8. The Morgan fingerprint density at radius 2 is 1.79 bits per heavy atom. The van der Waals surface area contributed by atoms with Gasteiger partial charge < -0.3 is 10.1 Å². The van der Waals surface area contributed by atoms with Crippen molar-refractivity contribution in [2.24, 2.45) is 0 Å². The summed E-state index contributed by atoms with van der Waals surface area (Å²) in [4.78, 5) is 13.1. The van der Waals surface area contributed by atoms with Crippen LogP contribution in [-0.2, 0) is 14.8 Å². The van der Waals surface area contributed by atoms with Crippen molar-refractivity contribution in [3.63, 3.8) is 0 Å². The van der Waals surface area contributed by atoms with E-state index in [0.29, 0.717) is 38.8 Å². The van der Waals surface area contributed by atoms with Crippen molar-refractivity contribution in [2.75, 3.05) is 23.3 Å². The molecule has 0 fully saturated rings. The second kappa shape index (κ2) is 9.13. The molecule has 4 rings (SSSR count). The van der Waals surface area contributed by atoms with E-state index in [-0.39, 0.29) is 11.4 Å². The fourth-order valence-corrected chi connectivity index (χ4v) is 5.60. The first-order chi connectivity index (χ1) is 15.9. The summed E-state index contributed by atoms with van der Waals surface area (Å²) in [5.74, 6) is -0.137. The average Bonchev–Trinajstić information content (AvgIpc) is 2.81. The predicted octanol–water partition coefficient (Wildman–Crippen LogP) is 5.08. The Kier molecular flexibility index (Phi) is 6.26. The van der Waals surface area contributed by atoms with Crippen molar-refractivity contribution < 1.29 is 17.9 Å². The first-order valence-electron chi connectivity index (χ1n) is 10.1. The fourth-order valence-electron chi connectivity index (χ4n) is 3.71. The highest BCUT2D eigenvalue weighted by atomic mass is 35.5. The van der Waals surface area contributed by atoms with E-state index < -0.39 is 15.9 Å². The third-order valence-corrected chi connectivity index (χ3v) is 7.25. The van der Waals surface area contributed by atoms with Crippen molar-refractivity contribution in [2.45, 2.75) is 0 Å². The fraction of sp³-hybridized carbons (Fsp3) is 0.0800. The van der Waals surface area contributed by atoms with Crippen molar-refractivity contribution in [1.29, 1.82) is 0 Å². The largest absolute Gasteiger partial charge is 0.497 e. The molecule has 0 radical (unpaired) electrons. The number of benzene rings is 3. The zero-order valence-corrected chi connectivity index (χ0v) is 19.4. The molecule has 1 aliphatic rings. The molecular formula is C25H21ClN2O4S. The summed E-state index contributed by atoms with van der Waals surface area (Å²) >= 11 is 6.29. The molecule has 0 atom stereocenters. The van der Waals surface area contributed by atoms with Gasteiger partial charge in [0.2, 0.25) is 0 Å². The van der Waals surface area contributed by atoms with Crippen LogP contribution in [0.3, 0.4) is 0 Å². The normalized spacial score (nSPS) is 14.4. The molecule has 1 heterocycles. The van der Waals surface area contributed by atoms with Crippen LogP contribution in [0.2, 0.25) is 5.02 Å². The lowest BCUT2D eigenvalue weighted by atomic mass is 9.95. The number of nitrogens with zero attached hydrogens (tertiary/aromatic N) is 1. The molecule has 1 amide bonds. The zero-order chi connectivity index (χ0) is 23.6. The summed E-state index contributed by atoms with van der Waals surface area (Å²) < 4.78 is 33.9. The van der Waals surface area contributed by atoms with E-state index >= 15 is 0 Å². The first kappa shape index (κ1) is 22.6. The number of carbonyl (C=O) groups is 1. The molecule has 8 heteroatoms. The molecule has 33 heavy (non-hydrogen) atoms. The number of sulfonamides is 1. The van der Waals surface area contributed by atoms with Gasteiger partial charge in [0.1, 0.15) is 5.75 Å². The van der Waals surface area contributed by atoms with Crippen molar-refractivity contribution in [1.82, 2.24) is 0 Å². The molecular weight excluding hydrogens is 460 g/mol. The summed E-state index contributed by atoms with van der Waals surface area (Å²) in [6, 6.07) is 20.5. The minimum Gasteiger partial charge on any atom is -0.497 e. The minimum absolute atomic E-state index is 0.00164. The number of carbonyl (C=O) groups excluding carboxylic acids is 1. The van der Waals surface area contributed by atoms with Crippen molar-refractivity contribution in [3.8, 4) is 5.75 Å². The first-order valence-corrected chi connectivity index (χ1v) is 11.9. The molecule has 3 aromatic rings. The van der Waals surface area contributed by atoms with Gasteiger partial charge in [-0.3, -0.25) is 9.10 Å². The molecule has 0 aromatic heterocycles. The van der Waals surface area contributed by atoms with Crippen molar-refractivity contribution in [3.05, 3.63) is 107 Å². The molecule has 0 unspecified atom stereocenters. The van der Waals surface area contributed by atoms with Gasteiger partial charge >= 0.3 is 0 Å². The Bertz CT molecular complexity index is 1350. The lowest BCUT2D eigenvalue weighted by molar-refractivity contribution is -0.112. The number of halogens is 1. The average molecular weight is 481 g/mol. The third kappa shape index (κ3) is 4.25. The molecule has 0 saturated carbocycles. The van der Waals surface area contributed by atoms with Gasteiger partial charge in [0.25, 0.3) is 15.9 Å². The Balaban J connectivity index is 1.96. The van der Waals surface area contributed by atoms with Crippen LogP contribution in [0.1, 0.15) is 11.1 Å². The van der Waals surface area contributed by atoms with Gasteiger partial charge in [-0.25, -0.2) is 8.42 Å². The summed E-state index contributed by atoms with van der Waals surface area (Å²) in [7, 11) is -2.68. The Hall–Kier alpha value is -3.55. The Morgan fingerprint density at radius 1 is 1.09 bits per heavy atom. The van der Waals surface area contributed by atoms with E-state index in [0.717, 1.165) is 0 Å². The SMILES string of the molecule is C=CCN1c2ccc(Cl)cc2C(c2ccccc2)=C(C(=O)Nc2ccc(OC)cc2)S1(=O)=O. The Labute approximate surface area is 197 Å². The number of ether oxygens (including phenoxy) is 1. The highest BCUT2D eigenvalue weighted by molar-refractivity contribution is 7.97. The van der Waals surface area contributed by atoms with Gasteiger partial charge in [0.15, 0.2) is 4.91 Å². The van der Waals surface area contributed by atoms with E-state index in [1.54, 1.807) is 66.7 Å². The smallest absolute Gasteiger partial charge is 0.270 e. The van der Waals surface area contributed by atoms with E-state index in [2.05, 4.69) is 11.9 Å². The number of fused-ring (bicyclic) bond motifs is 1. The second-order valence-corrected chi connectivity index (χ2v) is 9.47.